The van der Waals surface area contributed by atoms with Crippen LogP contribution in [0.1, 0.15) is 28.7 Å². The summed E-state index contributed by atoms with van der Waals surface area (Å²) in [6, 6.07) is 17.4. The number of carbonyl (C=O) groups is 1. The fourth-order valence-corrected chi connectivity index (χ4v) is 4.50. The fraction of sp³-hybridized carbons (Fsp3) is 0.174. The van der Waals surface area contributed by atoms with E-state index in [9.17, 15) is 15.0 Å². The molecule has 0 bridgehead atoms. The van der Waals surface area contributed by atoms with E-state index in [1.807, 2.05) is 36.4 Å². The van der Waals surface area contributed by atoms with Crippen molar-refractivity contribution in [3.05, 3.63) is 77.4 Å². The summed E-state index contributed by atoms with van der Waals surface area (Å²) in [6.45, 7) is 0. The van der Waals surface area contributed by atoms with Crippen LogP contribution in [-0.4, -0.2) is 23.2 Å². The van der Waals surface area contributed by atoms with Gasteiger partial charge < -0.3 is 25.6 Å². The topological polar surface area (TPSA) is 90.8 Å². The first-order valence-electron chi connectivity index (χ1n) is 9.43. The molecule has 2 aliphatic rings. The summed E-state index contributed by atoms with van der Waals surface area (Å²) >= 11 is 0. The van der Waals surface area contributed by atoms with E-state index < -0.39 is 5.92 Å². The second-order valence-electron chi connectivity index (χ2n) is 7.40. The smallest absolute Gasteiger partial charge is 0.230 e. The lowest BCUT2D eigenvalue weighted by Gasteiger charge is -2.43. The molecule has 6 nitrogen and oxygen atoms in total. The average Bonchev–Trinajstić information content (AvgIpc) is 2.73. The lowest BCUT2D eigenvalue weighted by Crippen LogP contribution is -2.43. The molecule has 146 valence electrons. The van der Waals surface area contributed by atoms with Gasteiger partial charge in [0, 0.05) is 17.2 Å². The molecule has 0 saturated heterocycles. The molecule has 3 aromatic carbocycles. The number of fused-ring (bicyclic) bond motifs is 4. The van der Waals surface area contributed by atoms with Crippen LogP contribution < -0.4 is 15.4 Å². The van der Waals surface area contributed by atoms with Crippen molar-refractivity contribution in [1.29, 1.82) is 0 Å². The Hall–Kier alpha value is -3.67. The van der Waals surface area contributed by atoms with Gasteiger partial charge in [-0.3, -0.25) is 4.79 Å². The Balaban J connectivity index is 1.73. The maximum atomic E-state index is 13.2. The molecule has 0 spiro atoms. The quantitative estimate of drug-likeness (QED) is 0.499. The van der Waals surface area contributed by atoms with Gasteiger partial charge in [0.25, 0.3) is 0 Å². The number of aromatic hydroxyl groups is 2. The Labute approximate surface area is 167 Å². The lowest BCUT2D eigenvalue weighted by atomic mass is 9.70. The molecular weight excluding hydrogens is 368 g/mol. The number of anilines is 2. The highest BCUT2D eigenvalue weighted by Gasteiger charge is 2.46. The zero-order valence-corrected chi connectivity index (χ0v) is 15.7. The van der Waals surface area contributed by atoms with Crippen molar-refractivity contribution in [2.75, 3.05) is 17.7 Å². The second-order valence-corrected chi connectivity index (χ2v) is 7.40. The molecule has 1 amide bonds. The third-order valence-electron chi connectivity index (χ3n) is 5.83. The fourth-order valence-electron chi connectivity index (χ4n) is 4.50. The molecule has 3 atom stereocenters. The van der Waals surface area contributed by atoms with Gasteiger partial charge in [0.2, 0.25) is 5.91 Å². The Kier molecular flexibility index (Phi) is 3.87. The minimum absolute atomic E-state index is 0.0905. The zero-order chi connectivity index (χ0) is 20.1. The SMILES string of the molecule is COc1ccc2c(c1)[C@@H]1Nc3c(O)cccc3[C@H](c3ccc(O)cc3)[C@H]1C(=O)N2. The molecule has 0 fully saturated rings. The summed E-state index contributed by atoms with van der Waals surface area (Å²) in [4.78, 5) is 13.2. The largest absolute Gasteiger partial charge is 0.508 e. The number of rotatable bonds is 2. The van der Waals surface area contributed by atoms with E-state index >= 15 is 0 Å². The summed E-state index contributed by atoms with van der Waals surface area (Å²) in [6.07, 6.45) is 0. The average molecular weight is 388 g/mol. The van der Waals surface area contributed by atoms with E-state index in [2.05, 4.69) is 10.6 Å². The Bertz CT molecular complexity index is 1110. The number of para-hydroxylation sites is 1. The number of hydrogen-bond acceptors (Lipinski definition) is 5. The Morgan fingerprint density at radius 2 is 1.76 bits per heavy atom. The maximum Gasteiger partial charge on any atom is 0.230 e. The first-order chi connectivity index (χ1) is 14.1. The van der Waals surface area contributed by atoms with Gasteiger partial charge in [-0.1, -0.05) is 24.3 Å². The van der Waals surface area contributed by atoms with E-state index in [0.29, 0.717) is 11.4 Å². The molecule has 3 aromatic rings. The van der Waals surface area contributed by atoms with Crippen LogP contribution >= 0.6 is 0 Å². The third kappa shape index (κ3) is 2.68. The number of nitrogens with one attached hydrogen (secondary N) is 2. The van der Waals surface area contributed by atoms with Crippen molar-refractivity contribution in [1.82, 2.24) is 0 Å². The first-order valence-corrected chi connectivity index (χ1v) is 9.43. The number of phenolic OH excluding ortho intramolecular Hbond substituents is 2. The molecule has 2 heterocycles. The molecule has 5 rings (SSSR count). The predicted molar refractivity (Wildman–Crippen MR) is 110 cm³/mol. The van der Waals surface area contributed by atoms with Gasteiger partial charge in [0.15, 0.2) is 0 Å². The van der Waals surface area contributed by atoms with Crippen LogP contribution in [0.25, 0.3) is 0 Å². The van der Waals surface area contributed by atoms with Crippen molar-refractivity contribution in [3.63, 3.8) is 0 Å². The van der Waals surface area contributed by atoms with E-state index in [0.717, 1.165) is 22.4 Å². The summed E-state index contributed by atoms with van der Waals surface area (Å²) in [5.41, 5.74) is 4.00. The molecule has 0 radical (unpaired) electrons. The van der Waals surface area contributed by atoms with Crippen molar-refractivity contribution >= 4 is 17.3 Å². The van der Waals surface area contributed by atoms with Gasteiger partial charge in [-0.15, -0.1) is 0 Å². The second kappa shape index (κ2) is 6.44. The molecule has 0 saturated carbocycles. The van der Waals surface area contributed by atoms with Crippen molar-refractivity contribution in [2.45, 2.75) is 12.0 Å². The van der Waals surface area contributed by atoms with Gasteiger partial charge in [0.05, 0.1) is 24.8 Å². The van der Waals surface area contributed by atoms with Crippen molar-refractivity contribution in [2.24, 2.45) is 5.92 Å². The molecule has 29 heavy (non-hydrogen) atoms. The van der Waals surface area contributed by atoms with Gasteiger partial charge in [-0.2, -0.15) is 0 Å². The zero-order valence-electron chi connectivity index (χ0n) is 15.7. The van der Waals surface area contributed by atoms with Gasteiger partial charge in [0.1, 0.15) is 17.2 Å². The summed E-state index contributed by atoms with van der Waals surface area (Å²) in [7, 11) is 1.61. The van der Waals surface area contributed by atoms with Crippen molar-refractivity contribution < 1.29 is 19.7 Å². The summed E-state index contributed by atoms with van der Waals surface area (Å²) < 4.78 is 5.39. The molecule has 0 unspecified atom stereocenters. The minimum atomic E-state index is -0.437. The number of ether oxygens (including phenoxy) is 1. The van der Waals surface area contributed by atoms with Crippen LogP contribution in [0.2, 0.25) is 0 Å². The number of methoxy groups -OCH3 is 1. The van der Waals surface area contributed by atoms with E-state index in [4.69, 9.17) is 4.74 Å². The first kappa shape index (κ1) is 17.4. The molecule has 0 aromatic heterocycles. The van der Waals surface area contributed by atoms with Crippen LogP contribution in [0, 0.1) is 5.92 Å². The Morgan fingerprint density at radius 1 is 0.966 bits per heavy atom. The standard InChI is InChI=1S/C23H20N2O4/c1-29-14-9-10-17-16(11-14)22-20(23(28)24-17)19(12-5-7-13(26)8-6-12)15-3-2-4-18(27)21(15)25-22/h2-11,19-20,22,25-27H,1H3,(H,24,28)/t19-,20+,22-/m0/s1. The molecule has 2 aliphatic heterocycles. The molecular formula is C23H20N2O4. The number of carbonyl (C=O) groups excluding carboxylic acids is 1. The van der Waals surface area contributed by atoms with Crippen LogP contribution in [0.15, 0.2) is 60.7 Å². The number of phenols is 2. The number of amides is 1. The minimum Gasteiger partial charge on any atom is -0.508 e. The highest BCUT2D eigenvalue weighted by atomic mass is 16.5. The van der Waals surface area contributed by atoms with Gasteiger partial charge >= 0.3 is 0 Å². The van der Waals surface area contributed by atoms with E-state index in [1.165, 1.54) is 0 Å². The van der Waals surface area contributed by atoms with Crippen LogP contribution in [0.3, 0.4) is 0 Å². The molecule has 6 heteroatoms. The van der Waals surface area contributed by atoms with Crippen LogP contribution in [-0.2, 0) is 4.79 Å². The lowest BCUT2D eigenvalue weighted by molar-refractivity contribution is -0.121. The highest BCUT2D eigenvalue weighted by molar-refractivity contribution is 5.99. The maximum absolute atomic E-state index is 13.2. The summed E-state index contributed by atoms with van der Waals surface area (Å²) in [5, 5.41) is 26.7. The van der Waals surface area contributed by atoms with Crippen molar-refractivity contribution in [3.8, 4) is 17.2 Å². The number of benzene rings is 3. The Morgan fingerprint density at radius 3 is 2.52 bits per heavy atom. The molecule has 4 N–H and O–H groups in total. The van der Waals surface area contributed by atoms with Crippen LogP contribution in [0.4, 0.5) is 11.4 Å². The monoisotopic (exact) mass is 388 g/mol. The number of hydrogen-bond donors (Lipinski definition) is 4. The van der Waals surface area contributed by atoms with Gasteiger partial charge in [-0.05, 0) is 47.5 Å². The molecule has 0 aliphatic carbocycles. The summed E-state index contributed by atoms with van der Waals surface area (Å²) in [5.74, 6) is 0.187. The van der Waals surface area contributed by atoms with E-state index in [-0.39, 0.29) is 29.4 Å². The normalized spacial score (nSPS) is 21.8. The van der Waals surface area contributed by atoms with E-state index in [1.54, 1.807) is 31.4 Å². The van der Waals surface area contributed by atoms with Gasteiger partial charge in [-0.25, -0.2) is 0 Å². The predicted octanol–water partition coefficient (Wildman–Crippen LogP) is 3.97. The highest BCUT2D eigenvalue weighted by Crippen LogP contribution is 2.53. The van der Waals surface area contributed by atoms with Crippen LogP contribution in [0.5, 0.6) is 17.2 Å². The third-order valence-corrected chi connectivity index (χ3v) is 5.83.